The Morgan fingerprint density at radius 1 is 1.30 bits per heavy atom. The molecule has 2 saturated heterocycles. The third-order valence-electron chi connectivity index (χ3n) is 4.30. The van der Waals surface area contributed by atoms with Crippen molar-refractivity contribution < 1.29 is 0 Å². The molecule has 2 fully saturated rings. The van der Waals surface area contributed by atoms with Crippen molar-refractivity contribution in [1.82, 2.24) is 20.0 Å². The van der Waals surface area contributed by atoms with Crippen LogP contribution in [0.5, 0.6) is 0 Å². The van der Waals surface area contributed by atoms with E-state index in [2.05, 4.69) is 27.3 Å². The van der Waals surface area contributed by atoms with Crippen LogP contribution in [0.3, 0.4) is 0 Å². The number of aromatic nitrogens is 2. The van der Waals surface area contributed by atoms with E-state index in [0.717, 1.165) is 57.8 Å². The van der Waals surface area contributed by atoms with Crippen molar-refractivity contribution in [1.29, 1.82) is 0 Å². The molecule has 1 N–H and O–H groups in total. The van der Waals surface area contributed by atoms with Gasteiger partial charge in [-0.15, -0.1) is 0 Å². The van der Waals surface area contributed by atoms with Crippen molar-refractivity contribution in [2.45, 2.75) is 18.9 Å². The number of nitrogens with one attached hydrogen (secondary N) is 1. The van der Waals surface area contributed by atoms with Crippen LogP contribution in [-0.4, -0.2) is 61.0 Å². The highest BCUT2D eigenvalue weighted by Gasteiger charge is 2.19. The van der Waals surface area contributed by atoms with Crippen molar-refractivity contribution in [3.05, 3.63) is 22.6 Å². The van der Waals surface area contributed by atoms with Gasteiger partial charge >= 0.3 is 0 Å². The van der Waals surface area contributed by atoms with Crippen LogP contribution in [0.4, 0.5) is 5.69 Å². The monoisotopic (exact) mass is 277 g/mol. The van der Waals surface area contributed by atoms with Gasteiger partial charge in [0.2, 0.25) is 0 Å². The van der Waals surface area contributed by atoms with Crippen molar-refractivity contribution in [2.75, 3.05) is 51.2 Å². The number of piperidine rings is 1. The van der Waals surface area contributed by atoms with Crippen LogP contribution in [0.25, 0.3) is 0 Å². The van der Waals surface area contributed by atoms with Crippen LogP contribution in [-0.2, 0) is 0 Å². The fraction of sp³-hybridized carbons (Fsp3) is 0.714. The summed E-state index contributed by atoms with van der Waals surface area (Å²) in [5.41, 5.74) is 0.984. The van der Waals surface area contributed by atoms with Gasteiger partial charge in [0.1, 0.15) is 0 Å². The van der Waals surface area contributed by atoms with E-state index in [0.29, 0.717) is 0 Å². The summed E-state index contributed by atoms with van der Waals surface area (Å²) in [6, 6.07) is 1.95. The van der Waals surface area contributed by atoms with E-state index in [1.165, 1.54) is 0 Å². The average molecular weight is 277 g/mol. The van der Waals surface area contributed by atoms with E-state index >= 15 is 0 Å². The van der Waals surface area contributed by atoms with Crippen LogP contribution in [0.1, 0.15) is 18.9 Å². The molecule has 20 heavy (non-hydrogen) atoms. The normalized spacial score (nSPS) is 24.9. The number of hydrogen-bond donors (Lipinski definition) is 1. The summed E-state index contributed by atoms with van der Waals surface area (Å²) in [5.74, 6) is 0. The molecular weight excluding hydrogens is 254 g/mol. The summed E-state index contributed by atoms with van der Waals surface area (Å²) < 4.78 is 1.64. The molecule has 1 unspecified atom stereocenters. The van der Waals surface area contributed by atoms with Gasteiger partial charge in [0.25, 0.3) is 5.56 Å². The molecule has 6 heteroatoms. The van der Waals surface area contributed by atoms with Crippen molar-refractivity contribution in [2.24, 2.45) is 0 Å². The fourth-order valence-corrected chi connectivity index (χ4v) is 2.96. The Hall–Kier alpha value is -1.40. The molecule has 1 aromatic rings. The number of hydrogen-bond acceptors (Lipinski definition) is 5. The lowest BCUT2D eigenvalue weighted by Gasteiger charge is -2.34. The smallest absolute Gasteiger partial charge is 0.269 e. The highest BCUT2D eigenvalue weighted by Crippen LogP contribution is 2.16. The van der Waals surface area contributed by atoms with E-state index in [9.17, 15) is 4.79 Å². The van der Waals surface area contributed by atoms with Crippen molar-refractivity contribution >= 4 is 5.69 Å². The topological polar surface area (TPSA) is 53.4 Å². The van der Waals surface area contributed by atoms with Crippen LogP contribution in [0.2, 0.25) is 0 Å². The third kappa shape index (κ3) is 2.86. The summed E-state index contributed by atoms with van der Waals surface area (Å²) in [6.45, 7) is 5.90. The predicted octanol–water partition coefficient (Wildman–Crippen LogP) is -0.0804. The second kappa shape index (κ2) is 5.93. The molecule has 3 rings (SSSR count). The largest absolute Gasteiger partial charge is 0.368 e. The molecule has 0 aliphatic carbocycles. The number of nitrogens with zero attached hydrogens (tertiary/aromatic N) is 4. The Bertz CT molecular complexity index is 501. The first-order valence-corrected chi connectivity index (χ1v) is 7.47. The first kappa shape index (κ1) is 13.6. The number of anilines is 1. The fourth-order valence-electron chi connectivity index (χ4n) is 2.96. The molecule has 0 amide bonds. The van der Waals surface area contributed by atoms with E-state index in [1.807, 2.05) is 6.20 Å². The molecule has 2 aliphatic rings. The van der Waals surface area contributed by atoms with E-state index in [-0.39, 0.29) is 11.6 Å². The van der Waals surface area contributed by atoms with Gasteiger partial charge in [-0.25, -0.2) is 4.68 Å². The van der Waals surface area contributed by atoms with Gasteiger partial charge in [-0.2, -0.15) is 5.10 Å². The minimum Gasteiger partial charge on any atom is -0.368 e. The minimum atomic E-state index is 0.0233. The number of piperazine rings is 1. The van der Waals surface area contributed by atoms with Gasteiger partial charge in [-0.1, -0.05) is 0 Å². The predicted molar refractivity (Wildman–Crippen MR) is 79.3 cm³/mol. The maximum Gasteiger partial charge on any atom is 0.269 e. The Kier molecular flexibility index (Phi) is 4.03. The van der Waals surface area contributed by atoms with Crippen LogP contribution in [0.15, 0.2) is 17.1 Å². The highest BCUT2D eigenvalue weighted by molar-refractivity contribution is 5.43. The van der Waals surface area contributed by atoms with E-state index < -0.39 is 0 Å². The number of rotatable bonds is 2. The number of likely N-dealkylation sites (N-methyl/N-ethyl adjacent to an activating group) is 1. The highest BCUT2D eigenvalue weighted by atomic mass is 16.1. The molecule has 0 saturated carbocycles. The van der Waals surface area contributed by atoms with Crippen LogP contribution < -0.4 is 15.8 Å². The van der Waals surface area contributed by atoms with Gasteiger partial charge in [-0.3, -0.25) is 4.79 Å². The summed E-state index contributed by atoms with van der Waals surface area (Å²) in [6.07, 6.45) is 3.99. The van der Waals surface area contributed by atoms with Gasteiger partial charge in [0, 0.05) is 38.8 Å². The van der Waals surface area contributed by atoms with Crippen LogP contribution in [0, 0.1) is 0 Å². The molecule has 1 atom stereocenters. The zero-order valence-corrected chi connectivity index (χ0v) is 12.1. The van der Waals surface area contributed by atoms with E-state index in [4.69, 9.17) is 0 Å². The van der Waals surface area contributed by atoms with Gasteiger partial charge in [0.15, 0.2) is 0 Å². The van der Waals surface area contributed by atoms with Crippen LogP contribution >= 0.6 is 0 Å². The zero-order valence-electron chi connectivity index (χ0n) is 12.1. The molecule has 1 aromatic heterocycles. The van der Waals surface area contributed by atoms with Crippen molar-refractivity contribution in [3.63, 3.8) is 0 Å². The molecule has 110 valence electrons. The first-order valence-electron chi connectivity index (χ1n) is 7.47. The molecule has 0 radical (unpaired) electrons. The summed E-state index contributed by atoms with van der Waals surface area (Å²) in [4.78, 5) is 16.8. The van der Waals surface area contributed by atoms with E-state index in [1.54, 1.807) is 10.7 Å². The SMILES string of the molecule is CN1CCN(c2cnn(C3CCCNC3)c(=O)c2)CC1. The Morgan fingerprint density at radius 3 is 2.75 bits per heavy atom. The van der Waals surface area contributed by atoms with Gasteiger partial charge in [0.05, 0.1) is 17.9 Å². The molecule has 0 aromatic carbocycles. The molecule has 3 heterocycles. The standard InChI is InChI=1S/C14H23N5O/c1-17-5-7-18(8-6-17)13-9-14(20)19(16-11-13)12-3-2-4-15-10-12/h9,11-12,15H,2-8,10H2,1H3. The molecule has 0 spiro atoms. The lowest BCUT2D eigenvalue weighted by molar-refractivity contribution is 0.311. The lowest BCUT2D eigenvalue weighted by Crippen LogP contribution is -2.45. The van der Waals surface area contributed by atoms with Gasteiger partial charge < -0.3 is 15.1 Å². The quantitative estimate of drug-likeness (QED) is 0.819. The second-order valence-corrected chi connectivity index (χ2v) is 5.79. The lowest BCUT2D eigenvalue weighted by atomic mass is 10.1. The Labute approximate surface area is 119 Å². The average Bonchev–Trinajstić information content (AvgIpc) is 2.49. The second-order valence-electron chi connectivity index (χ2n) is 5.79. The van der Waals surface area contributed by atoms with Gasteiger partial charge in [-0.05, 0) is 26.4 Å². The third-order valence-corrected chi connectivity index (χ3v) is 4.30. The Morgan fingerprint density at radius 2 is 2.10 bits per heavy atom. The first-order chi connectivity index (χ1) is 9.74. The van der Waals surface area contributed by atoms with Crippen molar-refractivity contribution in [3.8, 4) is 0 Å². The molecular formula is C14H23N5O. The summed E-state index contributed by atoms with van der Waals surface area (Å²) in [7, 11) is 2.13. The summed E-state index contributed by atoms with van der Waals surface area (Å²) in [5, 5.41) is 7.73. The molecule has 6 nitrogen and oxygen atoms in total. The zero-order chi connectivity index (χ0) is 13.9. The Balaban J connectivity index is 1.75. The minimum absolute atomic E-state index is 0.0233. The summed E-state index contributed by atoms with van der Waals surface area (Å²) >= 11 is 0. The maximum absolute atomic E-state index is 12.3. The molecule has 0 bridgehead atoms. The maximum atomic E-state index is 12.3. The molecule has 2 aliphatic heterocycles.